The van der Waals surface area contributed by atoms with E-state index >= 15 is 0 Å². The molecule has 0 radical (unpaired) electrons. The van der Waals surface area contributed by atoms with E-state index in [1.807, 2.05) is 0 Å². The number of aliphatic hydroxyl groups excluding tert-OH is 1. The second kappa shape index (κ2) is 9.84. The lowest BCUT2D eigenvalue weighted by Crippen LogP contribution is -2.12. The second-order valence-electron chi connectivity index (χ2n) is 4.73. The minimum atomic E-state index is -0.189. The van der Waals surface area contributed by atoms with Crippen LogP contribution in [0.15, 0.2) is 18.2 Å². The van der Waals surface area contributed by atoms with Crippen LogP contribution in [-0.4, -0.2) is 24.7 Å². The van der Waals surface area contributed by atoms with Crippen molar-refractivity contribution in [1.82, 2.24) is 0 Å². The molecular formula is C17H23NO3. The van der Waals surface area contributed by atoms with E-state index in [0.717, 1.165) is 31.2 Å². The Balaban J connectivity index is 2.68. The van der Waals surface area contributed by atoms with Gasteiger partial charge in [-0.1, -0.05) is 38.0 Å². The van der Waals surface area contributed by atoms with Crippen molar-refractivity contribution in [3.8, 4) is 17.6 Å². The van der Waals surface area contributed by atoms with Crippen LogP contribution >= 0.6 is 0 Å². The third kappa shape index (κ3) is 6.33. The van der Waals surface area contributed by atoms with E-state index in [0.29, 0.717) is 17.9 Å². The number of carbonyl (C=O) groups is 1. The van der Waals surface area contributed by atoms with Crippen molar-refractivity contribution in [2.75, 3.05) is 19.0 Å². The summed E-state index contributed by atoms with van der Waals surface area (Å²) in [7, 11) is 1.56. The lowest BCUT2D eigenvalue weighted by molar-refractivity contribution is -0.116. The first-order valence-corrected chi connectivity index (χ1v) is 7.28. The van der Waals surface area contributed by atoms with Crippen LogP contribution in [0, 0.1) is 11.8 Å². The van der Waals surface area contributed by atoms with E-state index in [1.54, 1.807) is 25.3 Å². The molecule has 4 nitrogen and oxygen atoms in total. The van der Waals surface area contributed by atoms with E-state index in [-0.39, 0.29) is 12.5 Å². The van der Waals surface area contributed by atoms with E-state index in [9.17, 15) is 4.79 Å². The number of methoxy groups -OCH3 is 1. The predicted molar refractivity (Wildman–Crippen MR) is 84.3 cm³/mol. The number of unbranched alkanes of at least 4 members (excludes halogenated alkanes) is 3. The molecule has 0 aliphatic carbocycles. The van der Waals surface area contributed by atoms with E-state index in [2.05, 4.69) is 24.1 Å². The molecule has 0 heterocycles. The summed E-state index contributed by atoms with van der Waals surface area (Å²) >= 11 is 0. The highest BCUT2D eigenvalue weighted by Gasteiger charge is 2.08. The molecule has 0 saturated heterocycles. The molecule has 0 bridgehead atoms. The minimum Gasteiger partial charge on any atom is -0.495 e. The third-order valence-electron chi connectivity index (χ3n) is 3.04. The zero-order chi connectivity index (χ0) is 15.5. The molecule has 0 aliphatic rings. The predicted octanol–water partition coefficient (Wildman–Crippen LogP) is 2.95. The van der Waals surface area contributed by atoms with Crippen molar-refractivity contribution < 1.29 is 14.6 Å². The standard InChI is InChI=1S/C17H23NO3/c1-3-4-5-6-9-17(20)18-15-13-14(8-7-12-19)10-11-16(15)21-2/h10-11,13,19H,3-6,9,12H2,1-2H3,(H,18,20). The zero-order valence-corrected chi connectivity index (χ0v) is 12.7. The van der Waals surface area contributed by atoms with Gasteiger partial charge in [0.2, 0.25) is 5.91 Å². The van der Waals surface area contributed by atoms with Gasteiger partial charge in [-0.15, -0.1) is 0 Å². The van der Waals surface area contributed by atoms with E-state index < -0.39 is 0 Å². The average Bonchev–Trinajstić information content (AvgIpc) is 2.50. The summed E-state index contributed by atoms with van der Waals surface area (Å²) in [6, 6.07) is 5.30. The van der Waals surface area contributed by atoms with Crippen LogP contribution in [0.3, 0.4) is 0 Å². The molecule has 1 amide bonds. The Bertz CT molecular complexity index is 515. The lowest BCUT2D eigenvalue weighted by Gasteiger charge is -2.10. The van der Waals surface area contributed by atoms with Crippen molar-refractivity contribution in [1.29, 1.82) is 0 Å². The SMILES string of the molecule is CCCCCCC(=O)Nc1cc(C#CCO)ccc1OC. The summed E-state index contributed by atoms with van der Waals surface area (Å²) in [4.78, 5) is 11.9. The van der Waals surface area contributed by atoms with Crippen LogP contribution in [0.2, 0.25) is 0 Å². The Morgan fingerprint density at radius 1 is 1.33 bits per heavy atom. The lowest BCUT2D eigenvalue weighted by atomic mass is 10.1. The zero-order valence-electron chi connectivity index (χ0n) is 12.7. The maximum atomic E-state index is 11.9. The number of amides is 1. The minimum absolute atomic E-state index is 0.0170. The fourth-order valence-corrected chi connectivity index (χ4v) is 1.95. The molecule has 1 aromatic carbocycles. The molecule has 0 saturated carbocycles. The number of anilines is 1. The van der Waals surface area contributed by atoms with Gasteiger partial charge in [-0.05, 0) is 24.6 Å². The van der Waals surface area contributed by atoms with Crippen molar-refractivity contribution in [3.63, 3.8) is 0 Å². The smallest absolute Gasteiger partial charge is 0.224 e. The Labute approximate surface area is 126 Å². The van der Waals surface area contributed by atoms with E-state index in [1.165, 1.54) is 0 Å². The molecule has 0 unspecified atom stereocenters. The molecule has 114 valence electrons. The number of nitrogens with one attached hydrogen (secondary N) is 1. The normalized spacial score (nSPS) is 9.67. The van der Waals surface area contributed by atoms with Gasteiger partial charge >= 0.3 is 0 Å². The number of benzene rings is 1. The van der Waals surface area contributed by atoms with Crippen molar-refractivity contribution >= 4 is 11.6 Å². The number of aliphatic hydroxyl groups is 1. The number of rotatable bonds is 7. The van der Waals surface area contributed by atoms with E-state index in [4.69, 9.17) is 9.84 Å². The highest BCUT2D eigenvalue weighted by molar-refractivity contribution is 5.92. The van der Waals surface area contributed by atoms with Crippen LogP contribution in [0.25, 0.3) is 0 Å². The van der Waals surface area contributed by atoms with Crippen LogP contribution in [0.4, 0.5) is 5.69 Å². The number of hydrogen-bond acceptors (Lipinski definition) is 3. The fourth-order valence-electron chi connectivity index (χ4n) is 1.95. The van der Waals surface area contributed by atoms with Gasteiger partial charge in [0.25, 0.3) is 0 Å². The molecule has 21 heavy (non-hydrogen) atoms. The molecule has 1 rings (SSSR count). The highest BCUT2D eigenvalue weighted by atomic mass is 16.5. The molecular weight excluding hydrogens is 266 g/mol. The molecule has 0 spiro atoms. The number of ether oxygens (including phenoxy) is 1. The monoisotopic (exact) mass is 289 g/mol. The van der Waals surface area contributed by atoms with Crippen molar-refractivity contribution in [3.05, 3.63) is 23.8 Å². The van der Waals surface area contributed by atoms with Crippen LogP contribution in [0.1, 0.15) is 44.6 Å². The van der Waals surface area contributed by atoms with Crippen molar-refractivity contribution in [2.45, 2.75) is 39.0 Å². The summed E-state index contributed by atoms with van der Waals surface area (Å²) in [5.41, 5.74) is 1.34. The maximum absolute atomic E-state index is 11.9. The van der Waals surface area contributed by atoms with Crippen LogP contribution in [-0.2, 0) is 4.79 Å². The Morgan fingerprint density at radius 3 is 2.81 bits per heavy atom. The average molecular weight is 289 g/mol. The second-order valence-corrected chi connectivity index (χ2v) is 4.73. The first-order valence-electron chi connectivity index (χ1n) is 7.28. The number of carbonyl (C=O) groups excluding carboxylic acids is 1. The largest absolute Gasteiger partial charge is 0.495 e. The summed E-state index contributed by atoms with van der Waals surface area (Å²) in [6.07, 6.45) is 4.79. The van der Waals surface area contributed by atoms with Gasteiger partial charge in [0.15, 0.2) is 0 Å². The van der Waals surface area contributed by atoms with Gasteiger partial charge in [0.1, 0.15) is 12.4 Å². The van der Waals surface area contributed by atoms with Gasteiger partial charge in [0.05, 0.1) is 12.8 Å². The first kappa shape index (κ1) is 17.1. The van der Waals surface area contributed by atoms with Crippen LogP contribution in [0.5, 0.6) is 5.75 Å². The van der Waals surface area contributed by atoms with Gasteiger partial charge in [-0.3, -0.25) is 4.79 Å². The third-order valence-corrected chi connectivity index (χ3v) is 3.04. The van der Waals surface area contributed by atoms with Gasteiger partial charge in [0, 0.05) is 12.0 Å². The van der Waals surface area contributed by atoms with Gasteiger partial charge in [-0.2, -0.15) is 0 Å². The van der Waals surface area contributed by atoms with Gasteiger partial charge in [-0.25, -0.2) is 0 Å². The number of hydrogen-bond donors (Lipinski definition) is 2. The summed E-state index contributed by atoms with van der Waals surface area (Å²) in [6.45, 7) is 1.95. The van der Waals surface area contributed by atoms with Crippen molar-refractivity contribution in [2.24, 2.45) is 0 Å². The quantitative estimate of drug-likeness (QED) is 0.599. The highest BCUT2D eigenvalue weighted by Crippen LogP contribution is 2.25. The topological polar surface area (TPSA) is 58.6 Å². The fraction of sp³-hybridized carbons (Fsp3) is 0.471. The summed E-state index contributed by atoms with van der Waals surface area (Å²) < 4.78 is 5.24. The van der Waals surface area contributed by atoms with Gasteiger partial charge < -0.3 is 15.2 Å². The summed E-state index contributed by atoms with van der Waals surface area (Å²) in [5.74, 6) is 5.98. The maximum Gasteiger partial charge on any atom is 0.224 e. The first-order chi connectivity index (χ1) is 10.2. The molecule has 0 atom stereocenters. The Hall–Kier alpha value is -1.99. The Morgan fingerprint density at radius 2 is 2.14 bits per heavy atom. The molecule has 1 aromatic rings. The van der Waals surface area contributed by atoms with Crippen LogP contribution < -0.4 is 10.1 Å². The molecule has 2 N–H and O–H groups in total. The Kier molecular flexibility index (Phi) is 8.00. The molecule has 0 aliphatic heterocycles. The molecule has 0 fully saturated rings. The molecule has 0 aromatic heterocycles. The summed E-state index contributed by atoms with van der Waals surface area (Å²) in [5, 5.41) is 11.6. The molecule has 4 heteroatoms.